The Kier molecular flexibility index (Phi) is 11.7. The average Bonchev–Trinajstić information content (AvgIpc) is 3.64. The third-order valence-electron chi connectivity index (χ3n) is 7.43. The van der Waals surface area contributed by atoms with E-state index in [4.69, 9.17) is 14.2 Å². The summed E-state index contributed by atoms with van der Waals surface area (Å²) in [6, 6.07) is 6.16. The number of methoxy groups -OCH3 is 1. The molecular formula is C30H49N3O5. The van der Waals surface area contributed by atoms with E-state index in [1.807, 2.05) is 28.0 Å². The molecule has 1 aliphatic carbocycles. The molecule has 2 fully saturated rings. The number of amides is 2. The van der Waals surface area contributed by atoms with Crippen molar-refractivity contribution >= 4 is 12.0 Å². The van der Waals surface area contributed by atoms with Crippen molar-refractivity contribution in [2.24, 2.45) is 17.8 Å². The molecule has 1 N–H and O–H groups in total. The highest BCUT2D eigenvalue weighted by Gasteiger charge is 2.39. The number of benzene rings is 1. The van der Waals surface area contributed by atoms with E-state index < -0.39 is 0 Å². The van der Waals surface area contributed by atoms with Crippen LogP contribution in [0.3, 0.4) is 0 Å². The van der Waals surface area contributed by atoms with Crippen LogP contribution in [-0.4, -0.2) is 87.0 Å². The van der Waals surface area contributed by atoms with Crippen LogP contribution in [0.25, 0.3) is 0 Å². The van der Waals surface area contributed by atoms with Crippen LogP contribution in [0.2, 0.25) is 0 Å². The Morgan fingerprint density at radius 2 is 1.76 bits per heavy atom. The van der Waals surface area contributed by atoms with E-state index in [0.29, 0.717) is 44.4 Å². The molecule has 0 aromatic heterocycles. The van der Waals surface area contributed by atoms with Gasteiger partial charge in [-0.2, -0.15) is 0 Å². The Hall–Kier alpha value is -2.32. The minimum Gasteiger partial charge on any atom is -0.493 e. The molecule has 3 rings (SSSR count). The topological polar surface area (TPSA) is 80.3 Å². The predicted molar refractivity (Wildman–Crippen MR) is 150 cm³/mol. The summed E-state index contributed by atoms with van der Waals surface area (Å²) in [6.45, 7) is 15.0. The van der Waals surface area contributed by atoms with Gasteiger partial charge in [-0.05, 0) is 68.6 Å². The van der Waals surface area contributed by atoms with Gasteiger partial charge in [-0.15, -0.1) is 0 Å². The van der Waals surface area contributed by atoms with E-state index in [0.717, 1.165) is 50.1 Å². The fraction of sp³-hybridized carbons (Fsp3) is 0.733. The van der Waals surface area contributed by atoms with Gasteiger partial charge in [-0.25, -0.2) is 4.79 Å². The lowest BCUT2D eigenvalue weighted by Crippen LogP contribution is -2.45. The summed E-state index contributed by atoms with van der Waals surface area (Å²) in [6.07, 6.45) is 3.53. The number of carbonyl (C=O) groups excluding carboxylic acids is 2. The Morgan fingerprint density at radius 3 is 2.37 bits per heavy atom. The predicted octanol–water partition coefficient (Wildman–Crippen LogP) is 4.61. The van der Waals surface area contributed by atoms with Crippen molar-refractivity contribution in [3.8, 4) is 5.75 Å². The molecule has 2 aliphatic rings. The lowest BCUT2D eigenvalue weighted by atomic mass is 9.94. The fourth-order valence-electron chi connectivity index (χ4n) is 4.99. The minimum absolute atomic E-state index is 0.0189. The van der Waals surface area contributed by atoms with Gasteiger partial charge in [0.05, 0.1) is 13.2 Å². The summed E-state index contributed by atoms with van der Waals surface area (Å²) in [7, 11) is 1.68. The minimum atomic E-state index is -0.197. The first-order chi connectivity index (χ1) is 18.2. The lowest BCUT2D eigenvalue weighted by molar-refractivity contribution is 0.0624. The molecular weight excluding hydrogens is 482 g/mol. The lowest BCUT2D eigenvalue weighted by Gasteiger charge is -2.33. The van der Waals surface area contributed by atoms with Crippen LogP contribution in [0.4, 0.5) is 4.79 Å². The van der Waals surface area contributed by atoms with E-state index >= 15 is 0 Å². The van der Waals surface area contributed by atoms with Crippen molar-refractivity contribution in [1.29, 1.82) is 0 Å². The highest BCUT2D eigenvalue weighted by molar-refractivity contribution is 5.95. The maximum absolute atomic E-state index is 13.8. The number of nitrogens with one attached hydrogen (secondary N) is 1. The van der Waals surface area contributed by atoms with E-state index in [2.05, 4.69) is 39.9 Å². The van der Waals surface area contributed by atoms with Gasteiger partial charge >= 0.3 is 6.09 Å². The molecule has 0 spiro atoms. The second kappa shape index (κ2) is 14.7. The van der Waals surface area contributed by atoms with E-state index in [9.17, 15) is 9.59 Å². The van der Waals surface area contributed by atoms with Crippen LogP contribution >= 0.6 is 0 Å². The molecule has 0 bridgehead atoms. The normalized spacial score (nSPS) is 19.2. The Morgan fingerprint density at radius 1 is 1.05 bits per heavy atom. The van der Waals surface area contributed by atoms with Crippen molar-refractivity contribution in [2.45, 2.75) is 72.4 Å². The highest BCUT2D eigenvalue weighted by Crippen LogP contribution is 2.31. The zero-order valence-corrected chi connectivity index (χ0v) is 24.3. The molecule has 1 heterocycles. The first-order valence-corrected chi connectivity index (χ1v) is 14.4. The smallest absolute Gasteiger partial charge is 0.410 e. The van der Waals surface area contributed by atoms with Crippen molar-refractivity contribution in [3.05, 3.63) is 29.3 Å². The quantitative estimate of drug-likeness (QED) is 0.333. The monoisotopic (exact) mass is 531 g/mol. The van der Waals surface area contributed by atoms with Gasteiger partial charge in [-0.1, -0.05) is 26.8 Å². The Balaban J connectivity index is 1.68. The SMILES string of the molecule is CCc1ccc(C(=O)N(C[C@@H]2CNC[C@H]2CN(C(=O)OCC(C)C)C2CC2)C(C)C)cc1OCCCOC. The number of ether oxygens (including phenoxy) is 3. The van der Waals surface area contributed by atoms with Gasteiger partial charge in [0.1, 0.15) is 5.75 Å². The van der Waals surface area contributed by atoms with Gasteiger partial charge in [0, 0.05) is 64.0 Å². The molecule has 2 amide bonds. The third-order valence-corrected chi connectivity index (χ3v) is 7.43. The number of hydrogen-bond acceptors (Lipinski definition) is 6. The standard InChI is InChI=1S/C30H49N3O5/c1-7-23-9-10-24(15-28(23)37-14-8-13-36-6)29(34)32(22(4)5)18-25-16-31-17-26(25)19-33(27-11-12-27)30(35)38-20-21(2)3/h9-10,15,21-22,25-27,31H,7-8,11-14,16-20H2,1-6H3/t25-,26-/m0/s1. The van der Waals surface area contributed by atoms with Crippen LogP contribution in [0.1, 0.15) is 69.8 Å². The summed E-state index contributed by atoms with van der Waals surface area (Å²) in [5.41, 5.74) is 1.75. The second-order valence-corrected chi connectivity index (χ2v) is 11.5. The molecule has 1 aromatic rings. The fourth-order valence-corrected chi connectivity index (χ4v) is 4.99. The summed E-state index contributed by atoms with van der Waals surface area (Å²) >= 11 is 0. The molecule has 1 saturated carbocycles. The molecule has 1 saturated heterocycles. The van der Waals surface area contributed by atoms with Crippen LogP contribution < -0.4 is 10.1 Å². The van der Waals surface area contributed by atoms with E-state index in [-0.39, 0.29) is 35.9 Å². The number of carbonyl (C=O) groups is 2. The van der Waals surface area contributed by atoms with Crippen molar-refractivity contribution in [2.75, 3.05) is 53.1 Å². The van der Waals surface area contributed by atoms with Gasteiger partial charge in [-0.3, -0.25) is 4.79 Å². The van der Waals surface area contributed by atoms with Gasteiger partial charge in [0.15, 0.2) is 0 Å². The Bertz CT molecular complexity index is 902. The van der Waals surface area contributed by atoms with Crippen molar-refractivity contribution in [3.63, 3.8) is 0 Å². The summed E-state index contributed by atoms with van der Waals surface area (Å²) in [5.74, 6) is 1.65. The zero-order chi connectivity index (χ0) is 27.7. The maximum Gasteiger partial charge on any atom is 0.410 e. The van der Waals surface area contributed by atoms with Crippen LogP contribution in [0.15, 0.2) is 18.2 Å². The molecule has 8 heteroatoms. The molecule has 8 nitrogen and oxygen atoms in total. The first-order valence-electron chi connectivity index (χ1n) is 14.4. The van der Waals surface area contributed by atoms with Gasteiger partial charge in [0.2, 0.25) is 0 Å². The van der Waals surface area contributed by atoms with Crippen molar-refractivity contribution in [1.82, 2.24) is 15.1 Å². The summed E-state index contributed by atoms with van der Waals surface area (Å²) < 4.78 is 16.7. The van der Waals surface area contributed by atoms with Crippen LogP contribution in [0, 0.1) is 17.8 Å². The molecule has 38 heavy (non-hydrogen) atoms. The molecule has 1 aromatic carbocycles. The van der Waals surface area contributed by atoms with Crippen LogP contribution in [-0.2, 0) is 15.9 Å². The zero-order valence-electron chi connectivity index (χ0n) is 24.3. The average molecular weight is 532 g/mol. The molecule has 214 valence electrons. The number of aryl methyl sites for hydroxylation is 1. The molecule has 2 atom stereocenters. The second-order valence-electron chi connectivity index (χ2n) is 11.5. The largest absolute Gasteiger partial charge is 0.493 e. The Labute approximate surface area is 229 Å². The molecule has 1 aliphatic heterocycles. The van der Waals surface area contributed by atoms with Crippen molar-refractivity contribution < 1.29 is 23.8 Å². The molecule has 0 unspecified atom stereocenters. The number of hydrogen-bond donors (Lipinski definition) is 1. The number of nitrogens with zero attached hydrogens (tertiary/aromatic N) is 2. The molecule has 0 radical (unpaired) electrons. The maximum atomic E-state index is 13.8. The van der Waals surface area contributed by atoms with E-state index in [1.165, 1.54) is 0 Å². The summed E-state index contributed by atoms with van der Waals surface area (Å²) in [4.78, 5) is 30.5. The van der Waals surface area contributed by atoms with Crippen LogP contribution in [0.5, 0.6) is 5.75 Å². The highest BCUT2D eigenvalue weighted by atomic mass is 16.6. The van der Waals surface area contributed by atoms with E-state index in [1.54, 1.807) is 7.11 Å². The van der Waals surface area contributed by atoms with Gasteiger partial charge < -0.3 is 29.3 Å². The number of rotatable bonds is 15. The van der Waals surface area contributed by atoms with Gasteiger partial charge in [0.25, 0.3) is 5.91 Å². The summed E-state index contributed by atoms with van der Waals surface area (Å²) in [5, 5.41) is 3.51. The third kappa shape index (κ3) is 8.60. The first kappa shape index (κ1) is 30.2.